The van der Waals surface area contributed by atoms with Crippen molar-refractivity contribution in [2.24, 2.45) is 5.41 Å². The van der Waals surface area contributed by atoms with Gasteiger partial charge in [0.15, 0.2) is 0 Å². The quantitative estimate of drug-likeness (QED) is 0.583. The summed E-state index contributed by atoms with van der Waals surface area (Å²) in [6, 6.07) is 0. The van der Waals surface area contributed by atoms with Gasteiger partial charge in [0.25, 0.3) is 0 Å². The normalized spacial score (nSPS) is 19.8. The van der Waals surface area contributed by atoms with Crippen molar-refractivity contribution < 1.29 is 14.7 Å². The van der Waals surface area contributed by atoms with Crippen molar-refractivity contribution in [1.82, 2.24) is 5.32 Å². The van der Waals surface area contributed by atoms with Crippen LogP contribution < -0.4 is 5.32 Å². The lowest BCUT2D eigenvalue weighted by Gasteiger charge is -2.27. The maximum absolute atomic E-state index is 11.4. The molecule has 0 aliphatic heterocycles. The average Bonchev–Trinajstić information content (AvgIpc) is 2.53. The van der Waals surface area contributed by atoms with Crippen LogP contribution in [0, 0.1) is 5.41 Å². The van der Waals surface area contributed by atoms with Crippen LogP contribution in [0.15, 0.2) is 12.2 Å². The molecule has 1 fully saturated rings. The molecule has 0 saturated heterocycles. The first-order chi connectivity index (χ1) is 8.10. The predicted molar refractivity (Wildman–Crippen MR) is 65.6 cm³/mol. The average molecular weight is 239 g/mol. The minimum atomic E-state index is -0.778. The summed E-state index contributed by atoms with van der Waals surface area (Å²) >= 11 is 0. The number of nitrogens with one attached hydrogen (secondary N) is 1. The van der Waals surface area contributed by atoms with E-state index in [-0.39, 0.29) is 12.5 Å². The van der Waals surface area contributed by atoms with E-state index in [1.54, 1.807) is 13.0 Å². The molecule has 0 spiro atoms. The molecule has 1 aliphatic rings. The Morgan fingerprint density at radius 3 is 2.29 bits per heavy atom. The first-order valence-electron chi connectivity index (χ1n) is 6.25. The molecule has 0 aromatic carbocycles. The third kappa shape index (κ3) is 3.88. The van der Waals surface area contributed by atoms with Crippen LogP contribution in [0.3, 0.4) is 0 Å². The molecule has 0 aromatic rings. The second-order valence-electron chi connectivity index (χ2n) is 4.72. The Bertz CT molecular complexity index is 302. The number of carbonyl (C=O) groups is 2. The zero-order valence-electron chi connectivity index (χ0n) is 10.4. The Balaban J connectivity index is 2.64. The fraction of sp³-hybridized carbons (Fsp3) is 0.692. The van der Waals surface area contributed by atoms with Crippen molar-refractivity contribution in [3.8, 4) is 0 Å². The Morgan fingerprint density at radius 1 is 1.24 bits per heavy atom. The summed E-state index contributed by atoms with van der Waals surface area (Å²) in [4.78, 5) is 22.8. The van der Waals surface area contributed by atoms with Gasteiger partial charge < -0.3 is 10.4 Å². The SMILES string of the molecule is C/C=C/C(=O)NCC1(C(=O)O)CCCCCC1. The molecule has 96 valence electrons. The molecule has 1 rings (SSSR count). The molecule has 2 N–H and O–H groups in total. The van der Waals surface area contributed by atoms with Gasteiger partial charge in [0.2, 0.25) is 5.91 Å². The van der Waals surface area contributed by atoms with E-state index in [2.05, 4.69) is 5.32 Å². The Morgan fingerprint density at radius 2 is 1.82 bits per heavy atom. The largest absolute Gasteiger partial charge is 0.481 e. The molecule has 4 heteroatoms. The van der Waals surface area contributed by atoms with Crippen LogP contribution in [0.4, 0.5) is 0 Å². The maximum Gasteiger partial charge on any atom is 0.311 e. The third-order valence-electron chi connectivity index (χ3n) is 3.43. The smallest absolute Gasteiger partial charge is 0.311 e. The lowest BCUT2D eigenvalue weighted by molar-refractivity contribution is -0.149. The van der Waals surface area contributed by atoms with Crippen LogP contribution in [0.25, 0.3) is 0 Å². The van der Waals surface area contributed by atoms with Gasteiger partial charge in [-0.2, -0.15) is 0 Å². The van der Waals surface area contributed by atoms with Crippen molar-refractivity contribution in [1.29, 1.82) is 0 Å². The van der Waals surface area contributed by atoms with Gasteiger partial charge in [-0.15, -0.1) is 0 Å². The minimum absolute atomic E-state index is 0.211. The number of rotatable bonds is 4. The van der Waals surface area contributed by atoms with E-state index in [1.165, 1.54) is 6.08 Å². The lowest BCUT2D eigenvalue weighted by atomic mass is 9.80. The fourth-order valence-corrected chi connectivity index (χ4v) is 2.34. The van der Waals surface area contributed by atoms with Gasteiger partial charge in [-0.25, -0.2) is 0 Å². The second kappa shape index (κ2) is 6.42. The van der Waals surface area contributed by atoms with Gasteiger partial charge in [-0.05, 0) is 25.8 Å². The summed E-state index contributed by atoms with van der Waals surface area (Å²) in [6.07, 6.45) is 8.46. The molecule has 0 atom stereocenters. The van der Waals surface area contributed by atoms with Gasteiger partial charge in [0, 0.05) is 6.54 Å². The maximum atomic E-state index is 11.4. The summed E-state index contributed by atoms with van der Waals surface area (Å²) in [5.41, 5.74) is -0.756. The lowest BCUT2D eigenvalue weighted by Crippen LogP contribution is -2.42. The number of carboxylic acids is 1. The van der Waals surface area contributed by atoms with Crippen LogP contribution in [0.1, 0.15) is 45.4 Å². The van der Waals surface area contributed by atoms with Crippen LogP contribution in [-0.2, 0) is 9.59 Å². The molecule has 1 aliphatic carbocycles. The van der Waals surface area contributed by atoms with E-state index < -0.39 is 11.4 Å². The highest BCUT2D eigenvalue weighted by atomic mass is 16.4. The number of allylic oxidation sites excluding steroid dienone is 1. The zero-order valence-corrected chi connectivity index (χ0v) is 10.4. The predicted octanol–water partition coefficient (Wildman–Crippen LogP) is 2.10. The Kier molecular flexibility index (Phi) is 5.19. The monoisotopic (exact) mass is 239 g/mol. The molecule has 0 aromatic heterocycles. The molecular formula is C13H21NO3. The summed E-state index contributed by atoms with van der Waals surface area (Å²) in [5, 5.41) is 12.1. The number of carboxylic acid groups (broad SMARTS) is 1. The summed E-state index contributed by atoms with van der Waals surface area (Å²) < 4.78 is 0. The van der Waals surface area contributed by atoms with Gasteiger partial charge in [-0.3, -0.25) is 9.59 Å². The zero-order chi connectivity index (χ0) is 12.7. The fourth-order valence-electron chi connectivity index (χ4n) is 2.34. The van der Waals surface area contributed by atoms with Crippen molar-refractivity contribution >= 4 is 11.9 Å². The summed E-state index contributed by atoms with van der Waals surface area (Å²) in [6.45, 7) is 2.00. The molecule has 0 heterocycles. The van der Waals surface area contributed by atoms with Gasteiger partial charge in [0.05, 0.1) is 5.41 Å². The summed E-state index contributed by atoms with van der Waals surface area (Å²) in [5.74, 6) is -0.988. The van der Waals surface area contributed by atoms with Crippen LogP contribution in [0.2, 0.25) is 0 Å². The van der Waals surface area contributed by atoms with E-state index in [9.17, 15) is 14.7 Å². The molecule has 0 bridgehead atoms. The van der Waals surface area contributed by atoms with Gasteiger partial charge in [-0.1, -0.05) is 31.8 Å². The molecule has 17 heavy (non-hydrogen) atoms. The number of aliphatic carboxylic acids is 1. The number of hydrogen-bond acceptors (Lipinski definition) is 2. The van der Waals surface area contributed by atoms with Gasteiger partial charge in [0.1, 0.15) is 0 Å². The Labute approximate surface area is 102 Å². The van der Waals surface area contributed by atoms with E-state index in [0.29, 0.717) is 12.8 Å². The minimum Gasteiger partial charge on any atom is -0.481 e. The standard InChI is InChI=1S/C13H21NO3/c1-2-7-11(15)14-10-13(12(16)17)8-5-3-4-6-9-13/h2,7H,3-6,8-10H2,1H3,(H,14,15)(H,16,17)/b7-2+. The van der Waals surface area contributed by atoms with Crippen LogP contribution in [0.5, 0.6) is 0 Å². The number of amides is 1. The first-order valence-corrected chi connectivity index (χ1v) is 6.25. The van der Waals surface area contributed by atoms with E-state index in [4.69, 9.17) is 0 Å². The van der Waals surface area contributed by atoms with Crippen LogP contribution >= 0.6 is 0 Å². The Hall–Kier alpha value is -1.32. The van der Waals surface area contributed by atoms with Crippen molar-refractivity contribution in [2.45, 2.75) is 45.4 Å². The topological polar surface area (TPSA) is 66.4 Å². The highest BCUT2D eigenvalue weighted by Crippen LogP contribution is 2.34. The van der Waals surface area contributed by atoms with Crippen molar-refractivity contribution in [3.05, 3.63) is 12.2 Å². The van der Waals surface area contributed by atoms with Gasteiger partial charge >= 0.3 is 5.97 Å². The molecule has 4 nitrogen and oxygen atoms in total. The number of hydrogen-bond donors (Lipinski definition) is 2. The highest BCUT2D eigenvalue weighted by Gasteiger charge is 2.38. The van der Waals surface area contributed by atoms with E-state index in [1.807, 2.05) is 0 Å². The molecule has 1 saturated carbocycles. The molecule has 1 amide bonds. The van der Waals surface area contributed by atoms with Crippen molar-refractivity contribution in [3.63, 3.8) is 0 Å². The van der Waals surface area contributed by atoms with Crippen LogP contribution in [-0.4, -0.2) is 23.5 Å². The van der Waals surface area contributed by atoms with E-state index >= 15 is 0 Å². The second-order valence-corrected chi connectivity index (χ2v) is 4.72. The first kappa shape index (κ1) is 13.7. The third-order valence-corrected chi connectivity index (χ3v) is 3.43. The highest BCUT2D eigenvalue weighted by molar-refractivity contribution is 5.88. The van der Waals surface area contributed by atoms with E-state index in [0.717, 1.165) is 25.7 Å². The molecule has 0 unspecified atom stereocenters. The molecular weight excluding hydrogens is 218 g/mol. The molecule has 0 radical (unpaired) electrons. The van der Waals surface area contributed by atoms with Crippen molar-refractivity contribution in [2.75, 3.05) is 6.54 Å². The number of carbonyl (C=O) groups excluding carboxylic acids is 1. The summed E-state index contributed by atoms with van der Waals surface area (Å²) in [7, 11) is 0.